The van der Waals surface area contributed by atoms with Crippen LogP contribution >= 0.6 is 0 Å². The monoisotopic (exact) mass is 244 g/mol. The third kappa shape index (κ3) is 2.45. The Balaban J connectivity index is 2.25. The number of rotatable bonds is 3. The van der Waals surface area contributed by atoms with E-state index in [0.29, 0.717) is 5.56 Å². The van der Waals surface area contributed by atoms with Gasteiger partial charge in [-0.1, -0.05) is 6.07 Å². The van der Waals surface area contributed by atoms with Crippen molar-refractivity contribution in [2.24, 2.45) is 0 Å². The molecule has 0 aliphatic rings. The van der Waals surface area contributed by atoms with Gasteiger partial charge in [0.25, 0.3) is 5.91 Å². The number of aromatic nitrogens is 1. The lowest BCUT2D eigenvalue weighted by Gasteiger charge is -2.09. The van der Waals surface area contributed by atoms with E-state index in [4.69, 9.17) is 5.11 Å². The van der Waals surface area contributed by atoms with Crippen LogP contribution in [0.5, 0.6) is 0 Å². The number of pyridine rings is 1. The maximum absolute atomic E-state index is 11.8. The van der Waals surface area contributed by atoms with Crippen LogP contribution in [0.4, 0.5) is 0 Å². The fraction of sp³-hybridized carbons (Fsp3) is 0.154. The van der Waals surface area contributed by atoms with Gasteiger partial charge in [-0.05, 0) is 30.5 Å². The smallest absolute Gasteiger partial charge is 0.325 e. The van der Waals surface area contributed by atoms with E-state index in [1.54, 1.807) is 36.7 Å². The van der Waals surface area contributed by atoms with Crippen LogP contribution in [0.15, 0.2) is 36.7 Å². The third-order valence-electron chi connectivity index (χ3n) is 2.62. The maximum Gasteiger partial charge on any atom is 0.325 e. The first-order valence-electron chi connectivity index (χ1n) is 5.45. The van der Waals surface area contributed by atoms with E-state index < -0.39 is 17.9 Å². The van der Waals surface area contributed by atoms with E-state index in [2.05, 4.69) is 10.3 Å². The number of fused-ring (bicyclic) bond motifs is 1. The van der Waals surface area contributed by atoms with Gasteiger partial charge in [0, 0.05) is 23.3 Å². The first-order valence-corrected chi connectivity index (χ1v) is 5.45. The summed E-state index contributed by atoms with van der Waals surface area (Å²) in [5.74, 6) is -1.46. The summed E-state index contributed by atoms with van der Waals surface area (Å²) in [6.45, 7) is 1.42. The summed E-state index contributed by atoms with van der Waals surface area (Å²) in [4.78, 5) is 26.4. The zero-order chi connectivity index (χ0) is 13.1. The summed E-state index contributed by atoms with van der Waals surface area (Å²) >= 11 is 0. The van der Waals surface area contributed by atoms with Crippen molar-refractivity contribution >= 4 is 22.6 Å². The van der Waals surface area contributed by atoms with Crippen molar-refractivity contribution in [3.8, 4) is 0 Å². The number of carboxylic acid groups (broad SMARTS) is 1. The Morgan fingerprint density at radius 2 is 2.06 bits per heavy atom. The van der Waals surface area contributed by atoms with Crippen LogP contribution in [0, 0.1) is 0 Å². The maximum atomic E-state index is 11.8. The SMILES string of the molecule is CC(NC(=O)c1ccc2cnccc2c1)C(=O)O. The Kier molecular flexibility index (Phi) is 3.23. The van der Waals surface area contributed by atoms with Gasteiger partial charge in [0.05, 0.1) is 0 Å². The predicted octanol–water partition coefficient (Wildman–Crippen LogP) is 1.44. The second kappa shape index (κ2) is 4.83. The number of nitrogens with zero attached hydrogens (tertiary/aromatic N) is 1. The fourth-order valence-corrected chi connectivity index (χ4v) is 1.57. The van der Waals surface area contributed by atoms with Crippen molar-refractivity contribution in [3.63, 3.8) is 0 Å². The first-order chi connectivity index (χ1) is 8.58. The lowest BCUT2D eigenvalue weighted by molar-refractivity contribution is -0.138. The van der Waals surface area contributed by atoms with Gasteiger partial charge >= 0.3 is 5.97 Å². The van der Waals surface area contributed by atoms with Gasteiger partial charge in [0.2, 0.25) is 0 Å². The van der Waals surface area contributed by atoms with Crippen LogP contribution in [-0.2, 0) is 4.79 Å². The van der Waals surface area contributed by atoms with Crippen molar-refractivity contribution in [3.05, 3.63) is 42.2 Å². The average molecular weight is 244 g/mol. The summed E-state index contributed by atoms with van der Waals surface area (Å²) in [5, 5.41) is 13.0. The molecule has 0 fully saturated rings. The molecule has 1 atom stereocenters. The topological polar surface area (TPSA) is 79.3 Å². The van der Waals surface area contributed by atoms with Gasteiger partial charge in [-0.2, -0.15) is 0 Å². The lowest BCUT2D eigenvalue weighted by atomic mass is 10.1. The fourth-order valence-electron chi connectivity index (χ4n) is 1.57. The Morgan fingerprint density at radius 3 is 2.78 bits per heavy atom. The van der Waals surface area contributed by atoms with Crippen molar-refractivity contribution in [1.82, 2.24) is 10.3 Å². The van der Waals surface area contributed by atoms with E-state index in [0.717, 1.165) is 10.8 Å². The molecule has 0 aliphatic carbocycles. The van der Waals surface area contributed by atoms with Gasteiger partial charge in [-0.25, -0.2) is 0 Å². The highest BCUT2D eigenvalue weighted by molar-refractivity contribution is 5.99. The molecule has 0 saturated heterocycles. The molecule has 1 unspecified atom stereocenters. The molecule has 0 bridgehead atoms. The van der Waals surface area contributed by atoms with E-state index in [-0.39, 0.29) is 0 Å². The van der Waals surface area contributed by atoms with Crippen LogP contribution in [0.25, 0.3) is 10.8 Å². The number of benzene rings is 1. The van der Waals surface area contributed by atoms with Crippen LogP contribution in [-0.4, -0.2) is 28.0 Å². The first kappa shape index (κ1) is 12.0. The highest BCUT2D eigenvalue weighted by Gasteiger charge is 2.15. The molecular weight excluding hydrogens is 232 g/mol. The van der Waals surface area contributed by atoms with Gasteiger partial charge in [-0.3, -0.25) is 14.6 Å². The van der Waals surface area contributed by atoms with Crippen molar-refractivity contribution < 1.29 is 14.7 Å². The third-order valence-corrected chi connectivity index (χ3v) is 2.62. The molecule has 1 amide bonds. The summed E-state index contributed by atoms with van der Waals surface area (Å²) < 4.78 is 0. The van der Waals surface area contributed by atoms with E-state index in [9.17, 15) is 9.59 Å². The Hall–Kier alpha value is -2.43. The van der Waals surface area contributed by atoms with E-state index in [1.165, 1.54) is 6.92 Å². The summed E-state index contributed by atoms with van der Waals surface area (Å²) in [6, 6.07) is 6.02. The minimum Gasteiger partial charge on any atom is -0.480 e. The average Bonchev–Trinajstić information content (AvgIpc) is 2.37. The van der Waals surface area contributed by atoms with E-state index >= 15 is 0 Å². The van der Waals surface area contributed by atoms with Gasteiger partial charge in [0.15, 0.2) is 0 Å². The highest BCUT2D eigenvalue weighted by Crippen LogP contribution is 2.14. The van der Waals surface area contributed by atoms with Crippen LogP contribution in [0.1, 0.15) is 17.3 Å². The minimum atomic E-state index is -1.06. The lowest BCUT2D eigenvalue weighted by Crippen LogP contribution is -2.38. The standard InChI is InChI=1S/C13H12N2O3/c1-8(13(17)18)15-12(16)10-2-3-11-7-14-5-4-9(11)6-10/h2-8H,1H3,(H,15,16)(H,17,18). The molecule has 18 heavy (non-hydrogen) atoms. The minimum absolute atomic E-state index is 0.399. The molecule has 2 N–H and O–H groups in total. The second-order valence-electron chi connectivity index (χ2n) is 3.97. The number of carbonyl (C=O) groups is 2. The molecule has 5 heteroatoms. The van der Waals surface area contributed by atoms with E-state index in [1.807, 2.05) is 0 Å². The quantitative estimate of drug-likeness (QED) is 0.856. The Bertz CT molecular complexity index is 610. The van der Waals surface area contributed by atoms with Crippen molar-refractivity contribution in [2.45, 2.75) is 13.0 Å². The molecule has 5 nitrogen and oxygen atoms in total. The number of carbonyl (C=O) groups excluding carboxylic acids is 1. The zero-order valence-corrected chi connectivity index (χ0v) is 9.75. The largest absolute Gasteiger partial charge is 0.480 e. The Morgan fingerprint density at radius 1 is 1.28 bits per heavy atom. The number of carboxylic acids is 1. The van der Waals surface area contributed by atoms with Gasteiger partial charge < -0.3 is 10.4 Å². The molecule has 92 valence electrons. The molecule has 2 aromatic rings. The number of aliphatic carboxylic acids is 1. The van der Waals surface area contributed by atoms with Crippen molar-refractivity contribution in [2.75, 3.05) is 0 Å². The molecule has 1 heterocycles. The molecule has 0 aliphatic heterocycles. The molecule has 2 rings (SSSR count). The molecule has 0 saturated carbocycles. The van der Waals surface area contributed by atoms with Crippen LogP contribution < -0.4 is 5.32 Å². The predicted molar refractivity (Wildman–Crippen MR) is 66.3 cm³/mol. The number of amides is 1. The van der Waals surface area contributed by atoms with Crippen LogP contribution in [0.3, 0.4) is 0 Å². The summed E-state index contributed by atoms with van der Waals surface area (Å²) in [6.07, 6.45) is 3.35. The number of nitrogens with one attached hydrogen (secondary N) is 1. The summed E-state index contributed by atoms with van der Waals surface area (Å²) in [5.41, 5.74) is 0.432. The number of hydrogen-bond donors (Lipinski definition) is 2. The molecule has 1 aromatic heterocycles. The Labute approximate surface area is 103 Å². The molecule has 0 radical (unpaired) electrons. The molecule has 0 spiro atoms. The van der Waals surface area contributed by atoms with Gasteiger partial charge in [-0.15, -0.1) is 0 Å². The normalized spacial score (nSPS) is 12.1. The highest BCUT2D eigenvalue weighted by atomic mass is 16.4. The zero-order valence-electron chi connectivity index (χ0n) is 9.75. The molecule has 1 aromatic carbocycles. The molecular formula is C13H12N2O3. The van der Waals surface area contributed by atoms with Crippen LogP contribution in [0.2, 0.25) is 0 Å². The second-order valence-corrected chi connectivity index (χ2v) is 3.97. The van der Waals surface area contributed by atoms with Gasteiger partial charge in [0.1, 0.15) is 6.04 Å². The number of hydrogen-bond acceptors (Lipinski definition) is 3. The summed E-state index contributed by atoms with van der Waals surface area (Å²) in [7, 11) is 0. The van der Waals surface area contributed by atoms with Crippen molar-refractivity contribution in [1.29, 1.82) is 0 Å².